The van der Waals surface area contributed by atoms with Crippen molar-refractivity contribution in [3.63, 3.8) is 0 Å². The predicted molar refractivity (Wildman–Crippen MR) is 94.0 cm³/mol. The highest BCUT2D eigenvalue weighted by molar-refractivity contribution is 7.95. The average molecular weight is 377 g/mol. The Balaban J connectivity index is 2.26. The molecule has 1 aliphatic rings. The molecule has 1 aliphatic heterocycles. The summed E-state index contributed by atoms with van der Waals surface area (Å²) in [7, 11) is -0.850. The number of benzene rings is 2. The van der Waals surface area contributed by atoms with Crippen molar-refractivity contribution in [3.05, 3.63) is 52.5 Å². The molecule has 2 aromatic carbocycles. The van der Waals surface area contributed by atoms with Gasteiger partial charge in [0.05, 0.1) is 24.8 Å². The lowest BCUT2D eigenvalue weighted by Crippen LogP contribution is -2.21. The lowest BCUT2D eigenvalue weighted by molar-refractivity contribution is 0.355. The number of fused-ring (bicyclic) bond motifs is 1. The van der Waals surface area contributed by atoms with Crippen molar-refractivity contribution in [2.75, 3.05) is 19.1 Å². The van der Waals surface area contributed by atoms with Gasteiger partial charge in [0.25, 0.3) is 0 Å². The summed E-state index contributed by atoms with van der Waals surface area (Å²) in [4.78, 5) is 1.26. The van der Waals surface area contributed by atoms with Crippen LogP contribution >= 0.6 is 11.6 Å². The van der Waals surface area contributed by atoms with Crippen LogP contribution in [0.4, 0.5) is 11.4 Å². The number of ether oxygens (including phenoxy) is 2. The molecule has 0 aliphatic carbocycles. The van der Waals surface area contributed by atoms with E-state index in [0.717, 1.165) is 0 Å². The zero-order chi connectivity index (χ0) is 18.2. The van der Waals surface area contributed by atoms with E-state index >= 15 is 0 Å². The molecule has 25 heavy (non-hydrogen) atoms. The first-order chi connectivity index (χ1) is 11.9. The second-order valence-electron chi connectivity index (χ2n) is 5.13. The number of methoxy groups -OCH3 is 2. The first-order valence-corrected chi connectivity index (χ1v) is 8.96. The third-order valence-electron chi connectivity index (χ3n) is 3.76. The van der Waals surface area contributed by atoms with Gasteiger partial charge < -0.3 is 14.4 Å². The number of hydrogen-bond acceptors (Lipinski definition) is 6. The summed E-state index contributed by atoms with van der Waals surface area (Å²) in [5, 5.41) is 9.64. The quantitative estimate of drug-likeness (QED) is 0.813. The highest BCUT2D eigenvalue weighted by Gasteiger charge is 2.32. The van der Waals surface area contributed by atoms with Crippen LogP contribution in [0.2, 0.25) is 5.02 Å². The Hall–Kier alpha value is -2.69. The standard InChI is InChI=1S/C17H13ClN2O4S/c1-23-15-5-4-12(8-16(15)24-2)20-10-13(9-19)25(21,22)17-6-3-11(18)7-14(17)20/h3-8,10H,1-2H3. The van der Waals surface area contributed by atoms with Gasteiger partial charge in [-0.1, -0.05) is 11.6 Å². The number of sulfone groups is 1. The second kappa shape index (κ2) is 6.31. The van der Waals surface area contributed by atoms with Crippen LogP contribution in [-0.2, 0) is 9.84 Å². The molecule has 3 rings (SSSR count). The Morgan fingerprint density at radius 1 is 1.08 bits per heavy atom. The van der Waals surface area contributed by atoms with Gasteiger partial charge >= 0.3 is 0 Å². The topological polar surface area (TPSA) is 79.6 Å². The molecule has 0 radical (unpaired) electrons. The Bertz CT molecular complexity index is 1030. The van der Waals surface area contributed by atoms with E-state index in [1.165, 1.54) is 38.6 Å². The third-order valence-corrected chi connectivity index (χ3v) is 5.70. The smallest absolute Gasteiger partial charge is 0.220 e. The van der Waals surface area contributed by atoms with Gasteiger partial charge in [0.1, 0.15) is 6.07 Å². The lowest BCUT2D eigenvalue weighted by atomic mass is 10.2. The number of rotatable bonds is 3. The molecule has 0 atom stereocenters. The first-order valence-electron chi connectivity index (χ1n) is 7.10. The maximum atomic E-state index is 12.5. The minimum Gasteiger partial charge on any atom is -0.493 e. The number of halogens is 1. The summed E-state index contributed by atoms with van der Waals surface area (Å²) in [6.07, 6.45) is 1.27. The zero-order valence-electron chi connectivity index (χ0n) is 13.4. The van der Waals surface area contributed by atoms with Gasteiger partial charge in [-0.15, -0.1) is 0 Å². The molecule has 1 heterocycles. The minimum atomic E-state index is -3.88. The number of allylic oxidation sites excluding steroid dienone is 1. The summed E-state index contributed by atoms with van der Waals surface area (Å²) in [5.41, 5.74) is 0.961. The number of hydrogen-bond donors (Lipinski definition) is 0. The molecular weight excluding hydrogens is 364 g/mol. The monoisotopic (exact) mass is 376 g/mol. The summed E-state index contributed by atoms with van der Waals surface area (Å²) in [5.74, 6) is 1.01. The number of nitriles is 1. The van der Waals surface area contributed by atoms with Gasteiger partial charge in [-0.05, 0) is 30.3 Å². The average Bonchev–Trinajstić information content (AvgIpc) is 2.61. The van der Waals surface area contributed by atoms with Crippen LogP contribution < -0.4 is 14.4 Å². The van der Waals surface area contributed by atoms with Crippen LogP contribution in [0.1, 0.15) is 0 Å². The van der Waals surface area contributed by atoms with Crippen LogP contribution in [-0.4, -0.2) is 22.6 Å². The van der Waals surface area contributed by atoms with E-state index in [-0.39, 0.29) is 9.80 Å². The van der Waals surface area contributed by atoms with E-state index in [4.69, 9.17) is 21.1 Å². The Kier molecular flexibility index (Phi) is 4.33. The van der Waals surface area contributed by atoms with E-state index < -0.39 is 9.84 Å². The van der Waals surface area contributed by atoms with Crippen molar-refractivity contribution in [1.82, 2.24) is 0 Å². The van der Waals surface area contributed by atoms with Crippen LogP contribution in [0.25, 0.3) is 0 Å². The van der Waals surface area contributed by atoms with Crippen molar-refractivity contribution < 1.29 is 17.9 Å². The largest absolute Gasteiger partial charge is 0.493 e. The fraction of sp³-hybridized carbons (Fsp3) is 0.118. The molecule has 0 amide bonds. The molecule has 0 saturated heterocycles. The van der Waals surface area contributed by atoms with Gasteiger partial charge in [0.15, 0.2) is 16.4 Å². The maximum Gasteiger partial charge on any atom is 0.220 e. The molecule has 0 spiro atoms. The highest BCUT2D eigenvalue weighted by Crippen LogP contribution is 2.42. The Labute approximate surface area is 150 Å². The first kappa shape index (κ1) is 17.1. The highest BCUT2D eigenvalue weighted by atomic mass is 35.5. The van der Waals surface area contributed by atoms with Gasteiger partial charge in [-0.25, -0.2) is 8.42 Å². The van der Waals surface area contributed by atoms with E-state index in [0.29, 0.717) is 27.9 Å². The van der Waals surface area contributed by atoms with E-state index in [9.17, 15) is 13.7 Å². The van der Waals surface area contributed by atoms with Gasteiger partial charge in [-0.2, -0.15) is 5.26 Å². The SMILES string of the molecule is COc1ccc(N2C=C(C#N)S(=O)(=O)c3ccc(Cl)cc32)cc1OC. The summed E-state index contributed by atoms with van der Waals surface area (Å²) in [6.45, 7) is 0. The van der Waals surface area contributed by atoms with Gasteiger partial charge in [-0.3, -0.25) is 0 Å². The molecule has 0 aromatic heterocycles. The van der Waals surface area contributed by atoms with Gasteiger partial charge in [0, 0.05) is 23.0 Å². The fourth-order valence-corrected chi connectivity index (χ4v) is 4.01. The predicted octanol–water partition coefficient (Wildman–Crippen LogP) is 3.65. The molecule has 0 unspecified atom stereocenters. The molecule has 0 bridgehead atoms. The molecule has 128 valence electrons. The summed E-state index contributed by atoms with van der Waals surface area (Å²) >= 11 is 6.05. The van der Waals surface area contributed by atoms with Gasteiger partial charge in [0.2, 0.25) is 9.84 Å². The molecule has 2 aromatic rings. The zero-order valence-corrected chi connectivity index (χ0v) is 14.9. The summed E-state index contributed by atoms with van der Waals surface area (Å²) in [6, 6.07) is 11.3. The van der Waals surface area contributed by atoms with Crippen LogP contribution in [0.3, 0.4) is 0 Å². The Morgan fingerprint density at radius 2 is 1.80 bits per heavy atom. The van der Waals surface area contributed by atoms with Crippen molar-refractivity contribution in [2.45, 2.75) is 4.90 Å². The number of nitrogens with zero attached hydrogens (tertiary/aromatic N) is 2. The van der Waals surface area contributed by atoms with Crippen molar-refractivity contribution >= 4 is 32.8 Å². The summed E-state index contributed by atoms with van der Waals surface area (Å²) < 4.78 is 35.6. The molecular formula is C17H13ClN2O4S. The molecule has 8 heteroatoms. The molecule has 0 fully saturated rings. The Morgan fingerprint density at radius 3 is 2.44 bits per heavy atom. The molecule has 6 nitrogen and oxygen atoms in total. The van der Waals surface area contributed by atoms with E-state index in [1.54, 1.807) is 29.2 Å². The molecule has 0 N–H and O–H groups in total. The number of anilines is 2. The third kappa shape index (κ3) is 2.80. The van der Waals surface area contributed by atoms with E-state index in [1.807, 2.05) is 0 Å². The van der Waals surface area contributed by atoms with Crippen molar-refractivity contribution in [1.29, 1.82) is 5.26 Å². The fourth-order valence-electron chi connectivity index (χ4n) is 2.56. The normalized spacial score (nSPS) is 15.0. The maximum absolute atomic E-state index is 12.5. The van der Waals surface area contributed by atoms with Crippen LogP contribution in [0.15, 0.2) is 52.4 Å². The second-order valence-corrected chi connectivity index (χ2v) is 7.45. The lowest BCUT2D eigenvalue weighted by Gasteiger charge is -2.28. The molecule has 0 saturated carbocycles. The van der Waals surface area contributed by atoms with Crippen LogP contribution in [0.5, 0.6) is 11.5 Å². The minimum absolute atomic E-state index is 0.0192. The van der Waals surface area contributed by atoms with Crippen LogP contribution in [0, 0.1) is 11.3 Å². The van der Waals surface area contributed by atoms with E-state index in [2.05, 4.69) is 0 Å². The van der Waals surface area contributed by atoms with Crippen molar-refractivity contribution in [2.24, 2.45) is 0 Å². The van der Waals surface area contributed by atoms with Crippen molar-refractivity contribution in [3.8, 4) is 17.6 Å².